The second kappa shape index (κ2) is 8.11. The zero-order valence-electron chi connectivity index (χ0n) is 11.7. The molecule has 2 rings (SSSR count). The van der Waals surface area contributed by atoms with Gasteiger partial charge >= 0.3 is 0 Å². The van der Waals surface area contributed by atoms with Gasteiger partial charge in [-0.05, 0) is 17.7 Å². The van der Waals surface area contributed by atoms with Crippen LogP contribution in [0, 0.1) is 5.82 Å². The van der Waals surface area contributed by atoms with Gasteiger partial charge in [0.2, 0.25) is 5.91 Å². The van der Waals surface area contributed by atoms with E-state index < -0.39 is 0 Å². The summed E-state index contributed by atoms with van der Waals surface area (Å²) in [5, 5.41) is 5.87. The maximum Gasteiger partial charge on any atom is 0.221 e. The lowest BCUT2D eigenvalue weighted by atomic mass is 10.2. The van der Waals surface area contributed by atoms with Crippen LogP contribution in [-0.4, -0.2) is 17.4 Å². The molecule has 1 aromatic carbocycles. The van der Waals surface area contributed by atoms with Gasteiger partial charge in [0.25, 0.3) is 0 Å². The molecule has 0 fully saturated rings. The smallest absolute Gasteiger partial charge is 0.221 e. The number of hydrogen-bond donors (Lipinski definition) is 2. The first kappa shape index (κ1) is 15.1. The summed E-state index contributed by atoms with van der Waals surface area (Å²) >= 11 is 0. The number of rotatable bonds is 7. The van der Waals surface area contributed by atoms with Gasteiger partial charge in [-0.2, -0.15) is 0 Å². The van der Waals surface area contributed by atoms with Crippen LogP contribution in [0.5, 0.6) is 0 Å². The van der Waals surface area contributed by atoms with Gasteiger partial charge in [0.1, 0.15) is 5.82 Å². The third-order valence-electron chi connectivity index (χ3n) is 3.01. The summed E-state index contributed by atoms with van der Waals surface area (Å²) in [5.74, 6) is -0.399. The van der Waals surface area contributed by atoms with Crippen molar-refractivity contribution in [2.24, 2.45) is 0 Å². The van der Waals surface area contributed by atoms with E-state index in [-0.39, 0.29) is 18.3 Å². The Morgan fingerprint density at radius 1 is 1.14 bits per heavy atom. The molecule has 4 nitrogen and oxygen atoms in total. The Hall–Kier alpha value is -2.27. The van der Waals surface area contributed by atoms with Gasteiger partial charge in [0.05, 0.1) is 0 Å². The Morgan fingerprint density at radius 3 is 2.76 bits per heavy atom. The van der Waals surface area contributed by atoms with Crippen LogP contribution >= 0.6 is 0 Å². The molecule has 1 heterocycles. The highest BCUT2D eigenvalue weighted by atomic mass is 19.1. The Kier molecular flexibility index (Phi) is 5.84. The maximum atomic E-state index is 13.4. The van der Waals surface area contributed by atoms with Gasteiger partial charge in [-0.1, -0.05) is 24.3 Å². The normalized spacial score (nSPS) is 10.3. The van der Waals surface area contributed by atoms with Crippen LogP contribution in [-0.2, 0) is 17.9 Å². The zero-order chi connectivity index (χ0) is 14.9. The fraction of sp³-hybridized carbons (Fsp3) is 0.250. The standard InChI is InChI=1S/C16H18FN3O/c17-15-6-2-1-5-14(15)12-20-16(21)7-9-19-11-13-4-3-8-18-10-13/h1-6,8,10,19H,7,9,11-12H2,(H,20,21). The lowest BCUT2D eigenvalue weighted by molar-refractivity contribution is -0.121. The van der Waals surface area contributed by atoms with E-state index in [1.54, 1.807) is 30.6 Å². The van der Waals surface area contributed by atoms with Gasteiger partial charge < -0.3 is 10.6 Å². The lowest BCUT2D eigenvalue weighted by Gasteiger charge is -2.07. The number of halogens is 1. The average Bonchev–Trinajstić information content (AvgIpc) is 2.52. The third kappa shape index (κ3) is 5.31. The van der Waals surface area contributed by atoms with E-state index in [1.165, 1.54) is 6.07 Å². The molecule has 0 saturated heterocycles. The molecule has 5 heteroatoms. The van der Waals surface area contributed by atoms with Crippen LogP contribution < -0.4 is 10.6 Å². The molecule has 2 N–H and O–H groups in total. The highest BCUT2D eigenvalue weighted by Crippen LogP contribution is 2.05. The fourth-order valence-corrected chi connectivity index (χ4v) is 1.86. The quantitative estimate of drug-likeness (QED) is 0.766. The molecule has 1 amide bonds. The predicted octanol–water partition coefficient (Wildman–Crippen LogP) is 2.02. The molecular weight excluding hydrogens is 269 g/mol. The number of nitrogens with one attached hydrogen (secondary N) is 2. The van der Waals surface area contributed by atoms with Gasteiger partial charge in [-0.15, -0.1) is 0 Å². The van der Waals surface area contributed by atoms with Crippen molar-refractivity contribution in [2.45, 2.75) is 19.5 Å². The molecule has 0 saturated carbocycles. The first-order valence-electron chi connectivity index (χ1n) is 6.85. The topological polar surface area (TPSA) is 54.0 Å². The molecule has 1 aromatic heterocycles. The van der Waals surface area contributed by atoms with Crippen molar-refractivity contribution in [2.75, 3.05) is 6.54 Å². The first-order chi connectivity index (χ1) is 10.3. The minimum Gasteiger partial charge on any atom is -0.352 e. The molecule has 0 unspecified atom stereocenters. The molecule has 0 atom stereocenters. The monoisotopic (exact) mass is 287 g/mol. The number of pyridine rings is 1. The van der Waals surface area contributed by atoms with E-state index in [4.69, 9.17) is 0 Å². The molecule has 0 bridgehead atoms. The van der Waals surface area contributed by atoms with Crippen LogP contribution in [0.3, 0.4) is 0 Å². The minimum absolute atomic E-state index is 0.100. The molecule has 0 aliphatic heterocycles. The van der Waals surface area contributed by atoms with Gasteiger partial charge in [-0.3, -0.25) is 9.78 Å². The van der Waals surface area contributed by atoms with E-state index in [0.29, 0.717) is 25.1 Å². The zero-order valence-corrected chi connectivity index (χ0v) is 11.7. The summed E-state index contributed by atoms with van der Waals surface area (Å²) in [7, 11) is 0. The van der Waals surface area contributed by atoms with Crippen LogP contribution in [0.1, 0.15) is 17.5 Å². The van der Waals surface area contributed by atoms with E-state index in [1.807, 2.05) is 12.1 Å². The van der Waals surface area contributed by atoms with E-state index in [0.717, 1.165) is 5.56 Å². The molecular formula is C16H18FN3O. The first-order valence-corrected chi connectivity index (χ1v) is 6.85. The van der Waals surface area contributed by atoms with Crippen molar-refractivity contribution in [3.8, 4) is 0 Å². The van der Waals surface area contributed by atoms with Gasteiger partial charge in [-0.25, -0.2) is 4.39 Å². The molecule has 2 aromatic rings. The summed E-state index contributed by atoms with van der Waals surface area (Å²) < 4.78 is 13.4. The van der Waals surface area contributed by atoms with E-state index in [2.05, 4.69) is 15.6 Å². The van der Waals surface area contributed by atoms with Crippen molar-refractivity contribution in [1.82, 2.24) is 15.6 Å². The molecule has 110 valence electrons. The van der Waals surface area contributed by atoms with Crippen LogP contribution in [0.2, 0.25) is 0 Å². The van der Waals surface area contributed by atoms with Crippen molar-refractivity contribution in [3.05, 3.63) is 65.7 Å². The summed E-state index contributed by atoms with van der Waals surface area (Å²) in [5.41, 5.74) is 1.57. The number of nitrogens with zero attached hydrogens (tertiary/aromatic N) is 1. The summed E-state index contributed by atoms with van der Waals surface area (Å²) in [6.45, 7) is 1.46. The average molecular weight is 287 g/mol. The SMILES string of the molecule is O=C(CCNCc1cccnc1)NCc1ccccc1F. The van der Waals surface area contributed by atoms with Crippen molar-refractivity contribution < 1.29 is 9.18 Å². The highest BCUT2D eigenvalue weighted by molar-refractivity contribution is 5.76. The fourth-order valence-electron chi connectivity index (χ4n) is 1.86. The van der Waals surface area contributed by atoms with E-state index >= 15 is 0 Å². The highest BCUT2D eigenvalue weighted by Gasteiger charge is 2.04. The predicted molar refractivity (Wildman–Crippen MR) is 78.8 cm³/mol. The molecule has 0 radical (unpaired) electrons. The number of amides is 1. The molecule has 0 spiro atoms. The summed E-state index contributed by atoms with van der Waals surface area (Å²) in [6, 6.07) is 10.3. The Labute approximate surface area is 123 Å². The molecule has 21 heavy (non-hydrogen) atoms. The Bertz CT molecular complexity index is 575. The number of hydrogen-bond acceptors (Lipinski definition) is 3. The lowest BCUT2D eigenvalue weighted by Crippen LogP contribution is -2.27. The molecule has 0 aliphatic rings. The van der Waals surface area contributed by atoms with E-state index in [9.17, 15) is 9.18 Å². The summed E-state index contributed by atoms with van der Waals surface area (Å²) in [6.07, 6.45) is 3.86. The van der Waals surface area contributed by atoms with Crippen molar-refractivity contribution in [3.63, 3.8) is 0 Å². The second-order valence-corrected chi connectivity index (χ2v) is 4.66. The number of carbonyl (C=O) groups excluding carboxylic acids is 1. The van der Waals surface area contributed by atoms with Crippen molar-refractivity contribution in [1.29, 1.82) is 0 Å². The third-order valence-corrected chi connectivity index (χ3v) is 3.01. The van der Waals surface area contributed by atoms with Gasteiger partial charge in [0.15, 0.2) is 0 Å². The summed E-state index contributed by atoms with van der Waals surface area (Å²) in [4.78, 5) is 15.7. The second-order valence-electron chi connectivity index (χ2n) is 4.66. The minimum atomic E-state index is -0.299. The molecule has 0 aliphatic carbocycles. The van der Waals surface area contributed by atoms with Crippen LogP contribution in [0.25, 0.3) is 0 Å². The number of benzene rings is 1. The Morgan fingerprint density at radius 2 is 2.00 bits per heavy atom. The number of aromatic nitrogens is 1. The van der Waals surface area contributed by atoms with Crippen molar-refractivity contribution >= 4 is 5.91 Å². The van der Waals surface area contributed by atoms with Gasteiger partial charge in [0, 0.05) is 44.0 Å². The largest absolute Gasteiger partial charge is 0.352 e. The Balaban J connectivity index is 1.63. The maximum absolute atomic E-state index is 13.4. The number of carbonyl (C=O) groups is 1. The van der Waals surface area contributed by atoms with Crippen LogP contribution in [0.4, 0.5) is 4.39 Å². The van der Waals surface area contributed by atoms with Crippen LogP contribution in [0.15, 0.2) is 48.8 Å².